The van der Waals surface area contributed by atoms with E-state index >= 15 is 0 Å². The van der Waals surface area contributed by atoms with Crippen molar-refractivity contribution in [2.75, 3.05) is 6.61 Å². The maximum absolute atomic E-state index is 12.8. The number of fused-ring (bicyclic) bond motifs is 1. The highest BCUT2D eigenvalue weighted by atomic mass is 16.5. The lowest BCUT2D eigenvalue weighted by molar-refractivity contribution is 0.0920. The van der Waals surface area contributed by atoms with Crippen LogP contribution in [0.5, 0.6) is 11.5 Å². The standard InChI is InChI=1S/C25H20O4/c1-16-8-6-7-11-19(16)13-23-25(27)24-17(2)12-20(14-22(24)29-23)28-15-21(26)18-9-4-3-5-10-18/h3-14H,15H2,1-2H3/b23-13-. The van der Waals surface area contributed by atoms with Crippen LogP contribution in [-0.4, -0.2) is 18.2 Å². The Morgan fingerprint density at radius 3 is 2.45 bits per heavy atom. The number of rotatable bonds is 5. The number of hydrogen-bond acceptors (Lipinski definition) is 4. The molecule has 0 N–H and O–H groups in total. The molecular weight excluding hydrogens is 364 g/mol. The SMILES string of the molecule is Cc1ccccc1/C=C1\Oc2cc(OCC(=O)c3ccccc3)cc(C)c2C1=O. The minimum atomic E-state index is -0.146. The fraction of sp³-hybridized carbons (Fsp3) is 0.120. The van der Waals surface area contributed by atoms with Gasteiger partial charge >= 0.3 is 0 Å². The van der Waals surface area contributed by atoms with Crippen LogP contribution in [0.1, 0.15) is 37.4 Å². The van der Waals surface area contributed by atoms with Crippen molar-refractivity contribution in [3.63, 3.8) is 0 Å². The summed E-state index contributed by atoms with van der Waals surface area (Å²) >= 11 is 0. The van der Waals surface area contributed by atoms with E-state index in [1.165, 1.54) is 0 Å². The van der Waals surface area contributed by atoms with Crippen LogP contribution in [0.4, 0.5) is 0 Å². The molecule has 1 aliphatic rings. The van der Waals surface area contributed by atoms with Gasteiger partial charge in [0.1, 0.15) is 11.5 Å². The summed E-state index contributed by atoms with van der Waals surface area (Å²) in [6.07, 6.45) is 1.76. The Balaban J connectivity index is 1.55. The number of ether oxygens (including phenoxy) is 2. The van der Waals surface area contributed by atoms with Crippen molar-refractivity contribution in [2.24, 2.45) is 0 Å². The van der Waals surface area contributed by atoms with E-state index in [1.54, 1.807) is 30.3 Å². The van der Waals surface area contributed by atoms with Gasteiger partial charge in [-0.15, -0.1) is 0 Å². The van der Waals surface area contributed by atoms with Gasteiger partial charge in [-0.05, 0) is 42.7 Å². The smallest absolute Gasteiger partial charge is 0.232 e. The summed E-state index contributed by atoms with van der Waals surface area (Å²) in [5.74, 6) is 0.982. The van der Waals surface area contributed by atoms with Crippen LogP contribution in [0.2, 0.25) is 0 Å². The molecule has 0 aliphatic carbocycles. The van der Waals surface area contributed by atoms with Crippen molar-refractivity contribution < 1.29 is 19.1 Å². The van der Waals surface area contributed by atoms with Gasteiger partial charge in [-0.1, -0.05) is 54.6 Å². The molecule has 1 heterocycles. The van der Waals surface area contributed by atoms with E-state index in [0.29, 0.717) is 22.6 Å². The van der Waals surface area contributed by atoms with Gasteiger partial charge in [-0.2, -0.15) is 0 Å². The molecule has 29 heavy (non-hydrogen) atoms. The van der Waals surface area contributed by atoms with E-state index < -0.39 is 0 Å². The van der Waals surface area contributed by atoms with Crippen molar-refractivity contribution in [3.05, 3.63) is 100 Å². The van der Waals surface area contributed by atoms with E-state index in [9.17, 15) is 9.59 Å². The maximum Gasteiger partial charge on any atom is 0.232 e. The molecule has 3 aromatic carbocycles. The van der Waals surface area contributed by atoms with E-state index in [0.717, 1.165) is 16.7 Å². The van der Waals surface area contributed by atoms with Gasteiger partial charge in [0.15, 0.2) is 18.1 Å². The fourth-order valence-corrected chi connectivity index (χ4v) is 3.31. The third kappa shape index (κ3) is 3.83. The monoisotopic (exact) mass is 384 g/mol. The highest BCUT2D eigenvalue weighted by Crippen LogP contribution is 2.37. The Labute approximate surface area is 169 Å². The minimum Gasteiger partial charge on any atom is -0.485 e. The molecule has 0 atom stereocenters. The highest BCUT2D eigenvalue weighted by molar-refractivity contribution is 6.15. The van der Waals surface area contributed by atoms with E-state index in [4.69, 9.17) is 9.47 Å². The lowest BCUT2D eigenvalue weighted by Crippen LogP contribution is -2.11. The van der Waals surface area contributed by atoms with Gasteiger partial charge in [-0.3, -0.25) is 9.59 Å². The van der Waals surface area contributed by atoms with Gasteiger partial charge in [-0.25, -0.2) is 0 Å². The summed E-state index contributed by atoms with van der Waals surface area (Å²) in [7, 11) is 0. The maximum atomic E-state index is 12.8. The molecule has 1 aliphatic heterocycles. The van der Waals surface area contributed by atoms with Crippen LogP contribution < -0.4 is 9.47 Å². The minimum absolute atomic E-state index is 0.0813. The first-order valence-electron chi connectivity index (χ1n) is 9.38. The zero-order valence-corrected chi connectivity index (χ0v) is 16.3. The van der Waals surface area contributed by atoms with Crippen molar-refractivity contribution >= 4 is 17.6 Å². The Bertz CT molecular complexity index is 1130. The zero-order valence-electron chi connectivity index (χ0n) is 16.3. The summed E-state index contributed by atoms with van der Waals surface area (Å²) in [5, 5.41) is 0. The average molecular weight is 384 g/mol. The van der Waals surface area contributed by atoms with Gasteiger partial charge in [0, 0.05) is 11.6 Å². The molecular formula is C25H20O4. The molecule has 4 nitrogen and oxygen atoms in total. The number of allylic oxidation sites excluding steroid dienone is 1. The second kappa shape index (κ2) is 7.76. The molecule has 0 radical (unpaired) electrons. The number of hydrogen-bond donors (Lipinski definition) is 0. The first-order chi connectivity index (χ1) is 14.0. The number of carbonyl (C=O) groups excluding carboxylic acids is 2. The highest BCUT2D eigenvalue weighted by Gasteiger charge is 2.30. The molecule has 0 unspecified atom stereocenters. The summed E-state index contributed by atoms with van der Waals surface area (Å²) < 4.78 is 11.5. The number of aryl methyl sites for hydroxylation is 2. The van der Waals surface area contributed by atoms with Crippen LogP contribution >= 0.6 is 0 Å². The molecule has 3 aromatic rings. The third-order valence-electron chi connectivity index (χ3n) is 4.88. The number of ketones is 2. The molecule has 144 valence electrons. The van der Waals surface area contributed by atoms with Crippen LogP contribution in [0, 0.1) is 13.8 Å². The molecule has 0 saturated carbocycles. The lowest BCUT2D eigenvalue weighted by Gasteiger charge is -2.08. The molecule has 4 rings (SSSR count). The quantitative estimate of drug-likeness (QED) is 0.449. The van der Waals surface area contributed by atoms with Gasteiger partial charge in [0.05, 0.1) is 5.56 Å². The van der Waals surface area contributed by atoms with Gasteiger partial charge in [0.25, 0.3) is 0 Å². The largest absolute Gasteiger partial charge is 0.485 e. The van der Waals surface area contributed by atoms with Crippen molar-refractivity contribution in [1.82, 2.24) is 0 Å². The molecule has 0 aromatic heterocycles. The summed E-state index contributed by atoms with van der Waals surface area (Å²) in [6.45, 7) is 3.74. The number of benzene rings is 3. The van der Waals surface area contributed by atoms with E-state index in [2.05, 4.69) is 0 Å². The zero-order chi connectivity index (χ0) is 20.4. The molecule has 4 heteroatoms. The normalized spacial score (nSPS) is 13.9. The second-order valence-electron chi connectivity index (χ2n) is 6.99. The van der Waals surface area contributed by atoms with Crippen LogP contribution in [-0.2, 0) is 0 Å². The Kier molecular flexibility index (Phi) is 5.00. The molecule has 0 spiro atoms. The molecule has 0 bridgehead atoms. The molecule has 0 saturated heterocycles. The predicted octanol–water partition coefficient (Wildman–Crippen LogP) is 5.18. The Hall–Kier alpha value is -3.66. The Morgan fingerprint density at radius 2 is 1.69 bits per heavy atom. The van der Waals surface area contributed by atoms with E-state index in [1.807, 2.05) is 56.3 Å². The first kappa shape index (κ1) is 18.7. The molecule has 0 fully saturated rings. The lowest BCUT2D eigenvalue weighted by atomic mass is 10.0. The summed E-state index contributed by atoms with van der Waals surface area (Å²) in [6, 6.07) is 20.2. The summed E-state index contributed by atoms with van der Waals surface area (Å²) in [4.78, 5) is 25.1. The van der Waals surface area contributed by atoms with Crippen molar-refractivity contribution in [2.45, 2.75) is 13.8 Å². The van der Waals surface area contributed by atoms with Crippen molar-refractivity contribution in [3.8, 4) is 11.5 Å². The summed E-state index contributed by atoms with van der Waals surface area (Å²) in [5.41, 5.74) is 3.88. The van der Waals surface area contributed by atoms with Crippen LogP contribution in [0.15, 0.2) is 72.5 Å². The molecule has 0 amide bonds. The van der Waals surface area contributed by atoms with Gasteiger partial charge in [0.2, 0.25) is 5.78 Å². The van der Waals surface area contributed by atoms with Gasteiger partial charge < -0.3 is 9.47 Å². The first-order valence-corrected chi connectivity index (χ1v) is 9.38. The fourth-order valence-electron chi connectivity index (χ4n) is 3.31. The predicted molar refractivity (Wildman–Crippen MR) is 112 cm³/mol. The van der Waals surface area contributed by atoms with Crippen molar-refractivity contribution in [1.29, 1.82) is 0 Å². The topological polar surface area (TPSA) is 52.6 Å². The third-order valence-corrected chi connectivity index (χ3v) is 4.88. The van der Waals surface area contributed by atoms with E-state index in [-0.39, 0.29) is 23.9 Å². The van der Waals surface area contributed by atoms with Crippen LogP contribution in [0.25, 0.3) is 6.08 Å². The Morgan fingerprint density at radius 1 is 0.966 bits per heavy atom. The number of Topliss-reactive ketones (excluding diaryl/α,β-unsaturated/α-hetero) is 2. The average Bonchev–Trinajstić information content (AvgIpc) is 3.04. The number of carbonyl (C=O) groups is 2. The van der Waals surface area contributed by atoms with Crippen LogP contribution in [0.3, 0.4) is 0 Å². The second-order valence-corrected chi connectivity index (χ2v) is 6.99.